The Morgan fingerprint density at radius 3 is 3.11 bits per heavy atom. The van der Waals surface area contributed by atoms with E-state index in [4.69, 9.17) is 5.90 Å². The molecule has 0 radical (unpaired) electrons. The zero-order chi connectivity index (χ0) is 6.69. The molecule has 4 heteroatoms. The van der Waals surface area contributed by atoms with Crippen molar-refractivity contribution in [2.24, 2.45) is 5.90 Å². The van der Waals surface area contributed by atoms with Crippen LogP contribution in [0.4, 0.5) is 0 Å². The van der Waals surface area contributed by atoms with Crippen LogP contribution in [-0.4, -0.2) is 10.2 Å². The van der Waals surface area contributed by atoms with Crippen molar-refractivity contribution in [3.63, 3.8) is 0 Å². The van der Waals surface area contributed by atoms with Gasteiger partial charge < -0.3 is 0 Å². The largest absolute Gasteiger partial charge is 0.300 e. The number of hydrogen-bond donors (Lipinski definition) is 2. The molecule has 0 atom stereocenters. The molecule has 0 fully saturated rings. The summed E-state index contributed by atoms with van der Waals surface area (Å²) in [5.41, 5.74) is 2.00. The zero-order valence-electron chi connectivity index (χ0n) is 5.22. The van der Waals surface area contributed by atoms with Crippen molar-refractivity contribution in [3.05, 3.63) is 17.5 Å². The Morgan fingerprint density at radius 1 is 1.89 bits per heavy atom. The Morgan fingerprint density at radius 2 is 2.67 bits per heavy atom. The summed E-state index contributed by atoms with van der Waals surface area (Å²) in [7, 11) is 0. The highest BCUT2D eigenvalue weighted by Gasteiger charge is 1.96. The van der Waals surface area contributed by atoms with Crippen LogP contribution in [0.1, 0.15) is 11.3 Å². The average Bonchev–Trinajstić information content (AvgIpc) is 2.18. The molecule has 0 unspecified atom stereocenters. The second-order valence-corrected chi connectivity index (χ2v) is 1.83. The lowest BCUT2D eigenvalue weighted by atomic mass is 10.3. The van der Waals surface area contributed by atoms with Crippen molar-refractivity contribution < 1.29 is 4.84 Å². The Kier molecular flexibility index (Phi) is 1.81. The maximum atomic E-state index is 4.85. The molecule has 0 aliphatic rings. The fourth-order valence-corrected chi connectivity index (χ4v) is 0.611. The molecule has 0 saturated heterocycles. The Bertz CT molecular complexity index is 184. The van der Waals surface area contributed by atoms with E-state index in [-0.39, 0.29) is 0 Å². The van der Waals surface area contributed by atoms with Gasteiger partial charge in [-0.25, -0.2) is 5.90 Å². The van der Waals surface area contributed by atoms with Crippen LogP contribution < -0.4 is 5.90 Å². The molecule has 0 saturated carbocycles. The monoisotopic (exact) mass is 127 g/mol. The number of aromatic nitrogens is 2. The van der Waals surface area contributed by atoms with E-state index in [9.17, 15) is 0 Å². The van der Waals surface area contributed by atoms with Gasteiger partial charge >= 0.3 is 0 Å². The number of nitrogens with one attached hydrogen (secondary N) is 1. The molecule has 1 rings (SSSR count). The number of rotatable bonds is 2. The SMILES string of the molecule is Cc1[nH]ncc1CON. The third-order valence-electron chi connectivity index (χ3n) is 1.17. The predicted octanol–water partition coefficient (Wildman–Crippen LogP) is 0.108. The molecule has 0 bridgehead atoms. The third-order valence-corrected chi connectivity index (χ3v) is 1.17. The first-order valence-corrected chi connectivity index (χ1v) is 2.65. The van der Waals surface area contributed by atoms with Gasteiger partial charge in [0.05, 0.1) is 12.8 Å². The van der Waals surface area contributed by atoms with E-state index in [1.165, 1.54) is 0 Å². The lowest BCUT2D eigenvalue weighted by Gasteiger charge is -1.92. The van der Waals surface area contributed by atoms with E-state index in [0.717, 1.165) is 11.3 Å². The minimum atomic E-state index is 0.419. The second kappa shape index (κ2) is 2.61. The van der Waals surface area contributed by atoms with Crippen molar-refractivity contribution >= 4 is 0 Å². The molecule has 50 valence electrons. The summed E-state index contributed by atoms with van der Waals surface area (Å²) in [5, 5.41) is 6.55. The van der Waals surface area contributed by atoms with E-state index in [1.807, 2.05) is 6.92 Å². The molecular formula is C5H9N3O. The summed E-state index contributed by atoms with van der Waals surface area (Å²) in [5.74, 6) is 4.85. The molecule has 3 N–H and O–H groups in total. The molecular weight excluding hydrogens is 118 g/mol. The fourth-order valence-electron chi connectivity index (χ4n) is 0.611. The lowest BCUT2D eigenvalue weighted by Crippen LogP contribution is -1.98. The van der Waals surface area contributed by atoms with Crippen LogP contribution in [0.15, 0.2) is 6.20 Å². The first-order valence-electron chi connectivity index (χ1n) is 2.65. The summed E-state index contributed by atoms with van der Waals surface area (Å²) in [6, 6.07) is 0. The molecule has 9 heavy (non-hydrogen) atoms. The van der Waals surface area contributed by atoms with Gasteiger partial charge in [0.25, 0.3) is 0 Å². The summed E-state index contributed by atoms with van der Waals surface area (Å²) in [4.78, 5) is 4.41. The quantitative estimate of drug-likeness (QED) is 0.554. The molecule has 1 aromatic rings. The molecule has 4 nitrogen and oxygen atoms in total. The third kappa shape index (κ3) is 1.28. The van der Waals surface area contributed by atoms with Gasteiger partial charge in [-0.05, 0) is 6.92 Å². The highest BCUT2D eigenvalue weighted by Crippen LogP contribution is 2.01. The van der Waals surface area contributed by atoms with Crippen LogP contribution in [0.3, 0.4) is 0 Å². The van der Waals surface area contributed by atoms with E-state index in [2.05, 4.69) is 15.0 Å². The first kappa shape index (κ1) is 6.25. The van der Waals surface area contributed by atoms with Crippen molar-refractivity contribution in [1.82, 2.24) is 10.2 Å². The van der Waals surface area contributed by atoms with Crippen molar-refractivity contribution in [3.8, 4) is 0 Å². The minimum absolute atomic E-state index is 0.419. The Labute approximate surface area is 53.0 Å². The van der Waals surface area contributed by atoms with Crippen molar-refractivity contribution in [1.29, 1.82) is 0 Å². The predicted molar refractivity (Wildman–Crippen MR) is 32.3 cm³/mol. The standard InChI is InChI=1S/C5H9N3O/c1-4-5(3-9-6)2-7-8-4/h2H,3,6H2,1H3,(H,7,8). The van der Waals surface area contributed by atoms with E-state index in [1.54, 1.807) is 6.20 Å². The maximum Gasteiger partial charge on any atom is 0.0962 e. The summed E-state index contributed by atoms with van der Waals surface area (Å²) >= 11 is 0. The van der Waals surface area contributed by atoms with Crippen LogP contribution in [0, 0.1) is 6.92 Å². The second-order valence-electron chi connectivity index (χ2n) is 1.83. The van der Waals surface area contributed by atoms with E-state index >= 15 is 0 Å². The zero-order valence-corrected chi connectivity index (χ0v) is 5.22. The fraction of sp³-hybridized carbons (Fsp3) is 0.400. The van der Waals surface area contributed by atoms with Gasteiger partial charge in [0.15, 0.2) is 0 Å². The molecule has 0 aliphatic carbocycles. The summed E-state index contributed by atoms with van der Waals surface area (Å²) in [6.45, 7) is 2.34. The van der Waals surface area contributed by atoms with Crippen molar-refractivity contribution in [2.75, 3.05) is 0 Å². The van der Waals surface area contributed by atoms with Gasteiger partial charge in [-0.15, -0.1) is 0 Å². The summed E-state index contributed by atoms with van der Waals surface area (Å²) < 4.78 is 0. The lowest BCUT2D eigenvalue weighted by molar-refractivity contribution is 0.123. The number of H-pyrrole nitrogens is 1. The molecule has 0 amide bonds. The number of nitrogens with zero attached hydrogens (tertiary/aromatic N) is 1. The summed E-state index contributed by atoms with van der Waals surface area (Å²) in [6.07, 6.45) is 1.70. The first-order chi connectivity index (χ1) is 4.34. The van der Waals surface area contributed by atoms with Crippen LogP contribution in [-0.2, 0) is 11.4 Å². The van der Waals surface area contributed by atoms with Gasteiger partial charge in [-0.3, -0.25) is 9.94 Å². The molecule has 0 spiro atoms. The van der Waals surface area contributed by atoms with Gasteiger partial charge in [-0.1, -0.05) is 0 Å². The minimum Gasteiger partial charge on any atom is -0.300 e. The van der Waals surface area contributed by atoms with Crippen molar-refractivity contribution in [2.45, 2.75) is 13.5 Å². The van der Waals surface area contributed by atoms with Crippen LogP contribution >= 0.6 is 0 Å². The number of hydrogen-bond acceptors (Lipinski definition) is 3. The van der Waals surface area contributed by atoms with Crippen LogP contribution in [0.25, 0.3) is 0 Å². The molecule has 1 aromatic heterocycles. The van der Waals surface area contributed by atoms with E-state index < -0.39 is 0 Å². The van der Waals surface area contributed by atoms with Gasteiger partial charge in [0.1, 0.15) is 0 Å². The van der Waals surface area contributed by atoms with Gasteiger partial charge in [0.2, 0.25) is 0 Å². The van der Waals surface area contributed by atoms with Crippen LogP contribution in [0.2, 0.25) is 0 Å². The number of aryl methyl sites for hydroxylation is 1. The molecule has 0 aromatic carbocycles. The smallest absolute Gasteiger partial charge is 0.0962 e. The Balaban J connectivity index is 2.69. The van der Waals surface area contributed by atoms with Gasteiger partial charge in [-0.2, -0.15) is 5.10 Å². The Hall–Kier alpha value is -0.870. The highest BCUT2D eigenvalue weighted by atomic mass is 16.6. The molecule has 0 aliphatic heterocycles. The van der Waals surface area contributed by atoms with Crippen LogP contribution in [0.5, 0.6) is 0 Å². The normalized spacial score (nSPS) is 10.0. The van der Waals surface area contributed by atoms with E-state index in [0.29, 0.717) is 6.61 Å². The van der Waals surface area contributed by atoms with Gasteiger partial charge in [0, 0.05) is 11.3 Å². The topological polar surface area (TPSA) is 63.9 Å². The highest BCUT2D eigenvalue weighted by molar-refractivity contribution is 5.12. The number of nitrogens with two attached hydrogens (primary N) is 1. The number of aromatic amines is 1. The average molecular weight is 127 g/mol. The maximum absolute atomic E-state index is 4.85. The molecule has 1 heterocycles.